The first kappa shape index (κ1) is 16.9. The van der Waals surface area contributed by atoms with Crippen LogP contribution in [0.4, 0.5) is 0 Å². The molecule has 1 aromatic heterocycles. The molecule has 0 fully saturated rings. The lowest BCUT2D eigenvalue weighted by Gasteiger charge is -2.14. The van der Waals surface area contributed by atoms with E-state index in [4.69, 9.17) is 14.6 Å². The summed E-state index contributed by atoms with van der Waals surface area (Å²) in [5.41, 5.74) is 0. The van der Waals surface area contributed by atoms with Crippen molar-refractivity contribution in [3.8, 4) is 5.75 Å². The number of carboxylic acids is 1. The minimum atomic E-state index is -1.000. The van der Waals surface area contributed by atoms with Crippen LogP contribution in [0.3, 0.4) is 0 Å². The first-order valence-corrected chi connectivity index (χ1v) is 7.54. The van der Waals surface area contributed by atoms with E-state index >= 15 is 0 Å². The fourth-order valence-electron chi connectivity index (χ4n) is 1.59. The molecule has 0 amide bonds. The molecule has 1 aromatic rings. The number of rotatable bonds is 9. The molecular weight excluding hydrogens is 280 g/mol. The third-order valence-corrected chi connectivity index (χ3v) is 3.66. The molecule has 1 rings (SSSR count). The number of aliphatic hydroxyl groups excluding tert-OH is 1. The number of ether oxygens (including phenoxy) is 2. The number of thiophene rings is 1. The summed E-state index contributed by atoms with van der Waals surface area (Å²) in [6.45, 7) is 5.99. The minimum absolute atomic E-state index is 0.0231. The van der Waals surface area contributed by atoms with Gasteiger partial charge >= 0.3 is 5.97 Å². The number of hydrogen-bond donors (Lipinski definition) is 2. The average Bonchev–Trinajstić information content (AvgIpc) is 2.77. The first-order chi connectivity index (χ1) is 9.43. The van der Waals surface area contributed by atoms with E-state index in [0.717, 1.165) is 17.7 Å². The van der Waals surface area contributed by atoms with Crippen molar-refractivity contribution >= 4 is 17.3 Å². The topological polar surface area (TPSA) is 76.0 Å². The third kappa shape index (κ3) is 5.48. The van der Waals surface area contributed by atoms with Crippen molar-refractivity contribution in [3.63, 3.8) is 0 Å². The second kappa shape index (κ2) is 8.24. The summed E-state index contributed by atoms with van der Waals surface area (Å²) < 4.78 is 10.7. The van der Waals surface area contributed by atoms with E-state index in [-0.39, 0.29) is 24.2 Å². The fourth-order valence-corrected chi connectivity index (χ4v) is 2.63. The van der Waals surface area contributed by atoms with Gasteiger partial charge in [-0.25, -0.2) is 4.79 Å². The summed E-state index contributed by atoms with van der Waals surface area (Å²) in [6, 6.07) is 1.74. The van der Waals surface area contributed by atoms with Gasteiger partial charge in [0.2, 0.25) is 0 Å². The molecule has 0 saturated heterocycles. The van der Waals surface area contributed by atoms with Crippen LogP contribution in [0.2, 0.25) is 0 Å². The van der Waals surface area contributed by atoms with E-state index in [0.29, 0.717) is 5.75 Å². The Balaban J connectivity index is 2.59. The molecule has 0 spiro atoms. The molecule has 1 atom stereocenters. The zero-order valence-corrected chi connectivity index (χ0v) is 12.9. The summed E-state index contributed by atoms with van der Waals surface area (Å²) in [5, 5.41) is 18.8. The molecule has 0 bridgehead atoms. The maximum atomic E-state index is 11.1. The van der Waals surface area contributed by atoms with Crippen molar-refractivity contribution in [2.45, 2.75) is 45.8 Å². The second-order valence-electron chi connectivity index (χ2n) is 4.81. The maximum Gasteiger partial charge on any atom is 0.349 e. The average molecular weight is 302 g/mol. The highest BCUT2D eigenvalue weighted by atomic mass is 32.1. The predicted octanol–water partition coefficient (Wildman–Crippen LogP) is 2.56. The number of carboxylic acid groups (broad SMARTS) is 1. The van der Waals surface area contributed by atoms with Crippen LogP contribution in [-0.4, -0.2) is 41.6 Å². The summed E-state index contributed by atoms with van der Waals surface area (Å²) in [7, 11) is 0. The monoisotopic (exact) mass is 302 g/mol. The molecule has 0 aliphatic carbocycles. The Kier molecular flexibility index (Phi) is 6.98. The summed E-state index contributed by atoms with van der Waals surface area (Å²) in [4.78, 5) is 12.3. The Morgan fingerprint density at radius 1 is 1.40 bits per heavy atom. The Morgan fingerprint density at radius 3 is 2.65 bits per heavy atom. The molecule has 1 unspecified atom stereocenters. The van der Waals surface area contributed by atoms with Gasteiger partial charge in [0.05, 0.1) is 12.7 Å². The van der Waals surface area contributed by atoms with E-state index in [1.54, 1.807) is 6.07 Å². The highest BCUT2D eigenvalue weighted by Crippen LogP contribution is 2.30. The molecule has 114 valence electrons. The Bertz CT molecular complexity index is 427. The zero-order valence-electron chi connectivity index (χ0n) is 12.1. The smallest absolute Gasteiger partial charge is 0.349 e. The summed E-state index contributed by atoms with van der Waals surface area (Å²) >= 11 is 1.22. The van der Waals surface area contributed by atoms with Gasteiger partial charge in [-0.1, -0.05) is 13.3 Å². The predicted molar refractivity (Wildman–Crippen MR) is 77.9 cm³/mol. The third-order valence-electron chi connectivity index (χ3n) is 2.49. The Hall–Kier alpha value is -1.11. The maximum absolute atomic E-state index is 11.1. The van der Waals surface area contributed by atoms with E-state index in [1.807, 2.05) is 20.8 Å². The summed E-state index contributed by atoms with van der Waals surface area (Å²) in [5.74, 6) is -0.671. The number of aromatic carboxylic acids is 1. The van der Waals surface area contributed by atoms with Crippen molar-refractivity contribution in [1.82, 2.24) is 0 Å². The van der Waals surface area contributed by atoms with Gasteiger partial charge in [-0.15, -0.1) is 11.3 Å². The van der Waals surface area contributed by atoms with Crippen LogP contribution in [0.1, 0.15) is 41.7 Å². The van der Waals surface area contributed by atoms with E-state index in [1.165, 1.54) is 11.3 Å². The van der Waals surface area contributed by atoms with Gasteiger partial charge in [0, 0.05) is 4.88 Å². The second-order valence-corrected chi connectivity index (χ2v) is 5.94. The summed E-state index contributed by atoms with van der Waals surface area (Å²) in [6.07, 6.45) is 1.04. The molecular formula is C14H22O5S. The minimum Gasteiger partial charge on any atom is -0.489 e. The lowest BCUT2D eigenvalue weighted by Crippen LogP contribution is -2.25. The SMILES string of the molecule is CCCc1cc(OCC(O)COC(C)C)c(C(=O)O)s1. The molecule has 2 N–H and O–H groups in total. The number of aliphatic hydroxyl groups is 1. The molecule has 1 heterocycles. The highest BCUT2D eigenvalue weighted by Gasteiger charge is 2.17. The molecule has 0 aromatic carbocycles. The van der Waals surface area contributed by atoms with Crippen LogP contribution in [0.25, 0.3) is 0 Å². The van der Waals surface area contributed by atoms with Gasteiger partial charge in [-0.05, 0) is 26.3 Å². The van der Waals surface area contributed by atoms with Gasteiger partial charge < -0.3 is 19.7 Å². The van der Waals surface area contributed by atoms with Crippen molar-refractivity contribution in [3.05, 3.63) is 15.8 Å². The molecule has 0 aliphatic heterocycles. The molecule has 6 heteroatoms. The molecule has 0 radical (unpaired) electrons. The first-order valence-electron chi connectivity index (χ1n) is 6.72. The normalized spacial score (nSPS) is 12.7. The Morgan fingerprint density at radius 2 is 2.10 bits per heavy atom. The molecule has 20 heavy (non-hydrogen) atoms. The number of hydrogen-bond acceptors (Lipinski definition) is 5. The van der Waals surface area contributed by atoms with Gasteiger partial charge in [-0.2, -0.15) is 0 Å². The molecule has 0 aliphatic rings. The Labute approximate surface area is 123 Å². The lowest BCUT2D eigenvalue weighted by atomic mass is 10.3. The molecule has 5 nitrogen and oxygen atoms in total. The van der Waals surface area contributed by atoms with Crippen LogP contribution >= 0.6 is 11.3 Å². The van der Waals surface area contributed by atoms with Crippen LogP contribution in [-0.2, 0) is 11.2 Å². The fraction of sp³-hybridized carbons (Fsp3) is 0.643. The van der Waals surface area contributed by atoms with Crippen molar-refractivity contribution < 1.29 is 24.5 Å². The molecule has 0 saturated carbocycles. The number of aryl methyl sites for hydroxylation is 1. The van der Waals surface area contributed by atoms with Gasteiger partial charge in [0.25, 0.3) is 0 Å². The zero-order chi connectivity index (χ0) is 15.1. The standard InChI is InChI=1S/C14H22O5S/c1-4-5-11-6-12(13(20-11)14(16)17)19-8-10(15)7-18-9(2)3/h6,9-10,15H,4-5,7-8H2,1-3H3,(H,16,17). The van der Waals surface area contributed by atoms with Crippen LogP contribution in [0.5, 0.6) is 5.75 Å². The largest absolute Gasteiger partial charge is 0.489 e. The van der Waals surface area contributed by atoms with Crippen molar-refractivity contribution in [1.29, 1.82) is 0 Å². The van der Waals surface area contributed by atoms with Gasteiger partial charge in [-0.3, -0.25) is 0 Å². The highest BCUT2D eigenvalue weighted by molar-refractivity contribution is 7.14. The van der Waals surface area contributed by atoms with Crippen molar-refractivity contribution in [2.24, 2.45) is 0 Å². The van der Waals surface area contributed by atoms with E-state index in [2.05, 4.69) is 0 Å². The van der Waals surface area contributed by atoms with Crippen LogP contribution in [0, 0.1) is 0 Å². The number of carbonyl (C=O) groups is 1. The quantitative estimate of drug-likeness (QED) is 0.733. The van der Waals surface area contributed by atoms with Crippen LogP contribution < -0.4 is 4.74 Å². The van der Waals surface area contributed by atoms with Crippen LogP contribution in [0.15, 0.2) is 6.07 Å². The lowest BCUT2D eigenvalue weighted by molar-refractivity contribution is -0.0123. The van der Waals surface area contributed by atoms with Crippen molar-refractivity contribution in [2.75, 3.05) is 13.2 Å². The van der Waals surface area contributed by atoms with Gasteiger partial charge in [0.1, 0.15) is 18.5 Å². The van der Waals surface area contributed by atoms with E-state index in [9.17, 15) is 9.90 Å². The van der Waals surface area contributed by atoms with E-state index < -0.39 is 12.1 Å². The van der Waals surface area contributed by atoms with Gasteiger partial charge in [0.15, 0.2) is 4.88 Å².